The zero-order chi connectivity index (χ0) is 15.9. The number of likely N-dealkylation sites (tertiary alicyclic amines) is 1. The molecule has 2 rings (SSSR count). The lowest BCUT2D eigenvalue weighted by molar-refractivity contribution is -0.131. The Morgan fingerprint density at radius 2 is 1.48 bits per heavy atom. The van der Waals surface area contributed by atoms with Gasteiger partial charge in [0.2, 0.25) is 11.8 Å². The van der Waals surface area contributed by atoms with Crippen LogP contribution in [-0.4, -0.2) is 85.3 Å². The molecule has 0 aromatic heterocycles. The molecule has 0 atom stereocenters. The highest BCUT2D eigenvalue weighted by atomic mass is 127. The molecular formula is C15H28IN5O2. The number of hydrogen-bond donors (Lipinski definition) is 1. The third-order valence-electron chi connectivity index (χ3n) is 4.34. The molecule has 8 heteroatoms. The summed E-state index contributed by atoms with van der Waals surface area (Å²) >= 11 is 0. The minimum Gasteiger partial charge on any atom is -0.347 e. The first kappa shape index (κ1) is 20.0. The summed E-state index contributed by atoms with van der Waals surface area (Å²) < 4.78 is 0. The summed E-state index contributed by atoms with van der Waals surface area (Å²) in [6.45, 7) is 6.53. The van der Waals surface area contributed by atoms with Crippen molar-refractivity contribution in [2.45, 2.75) is 26.2 Å². The third-order valence-corrected chi connectivity index (χ3v) is 4.34. The van der Waals surface area contributed by atoms with Gasteiger partial charge in [0, 0.05) is 53.2 Å². The number of piperidine rings is 1. The van der Waals surface area contributed by atoms with Crippen molar-refractivity contribution in [3.05, 3.63) is 0 Å². The van der Waals surface area contributed by atoms with Crippen LogP contribution < -0.4 is 5.32 Å². The topological polar surface area (TPSA) is 68.2 Å². The van der Waals surface area contributed by atoms with Crippen molar-refractivity contribution in [1.29, 1.82) is 0 Å². The number of halogens is 1. The van der Waals surface area contributed by atoms with E-state index in [2.05, 4.69) is 15.2 Å². The molecule has 0 aromatic carbocycles. The second-order valence-electron chi connectivity index (χ2n) is 5.84. The zero-order valence-electron chi connectivity index (χ0n) is 14.1. The maximum absolute atomic E-state index is 12.2. The molecule has 2 aliphatic heterocycles. The fourth-order valence-electron chi connectivity index (χ4n) is 2.98. The van der Waals surface area contributed by atoms with E-state index in [0.717, 1.165) is 45.0 Å². The van der Waals surface area contributed by atoms with Gasteiger partial charge in [-0.25, -0.2) is 0 Å². The monoisotopic (exact) mass is 437 g/mol. The molecule has 0 aliphatic carbocycles. The number of piperazine rings is 1. The summed E-state index contributed by atoms with van der Waals surface area (Å²) in [5, 5.41) is 3.16. The predicted octanol–water partition coefficient (Wildman–Crippen LogP) is 0.356. The number of hydrogen-bond acceptors (Lipinski definition) is 3. The lowest BCUT2D eigenvalue weighted by Crippen LogP contribution is -2.54. The Hall–Kier alpha value is -1.06. The summed E-state index contributed by atoms with van der Waals surface area (Å²) in [5.41, 5.74) is 0. The molecule has 1 N–H and O–H groups in total. The lowest BCUT2D eigenvalue weighted by atomic mass is 10.1. The number of carbonyl (C=O) groups excluding carboxylic acids is 2. The molecule has 23 heavy (non-hydrogen) atoms. The van der Waals surface area contributed by atoms with Crippen molar-refractivity contribution in [3.8, 4) is 0 Å². The van der Waals surface area contributed by atoms with Crippen LogP contribution in [0.3, 0.4) is 0 Å². The summed E-state index contributed by atoms with van der Waals surface area (Å²) in [6.07, 6.45) is 3.43. The Kier molecular flexibility index (Phi) is 8.64. The highest BCUT2D eigenvalue weighted by Crippen LogP contribution is 2.08. The van der Waals surface area contributed by atoms with E-state index in [1.807, 2.05) is 9.80 Å². The Balaban J connectivity index is 0.00000264. The fraction of sp³-hybridized carbons (Fsp3) is 0.800. The van der Waals surface area contributed by atoms with E-state index in [4.69, 9.17) is 0 Å². The number of carbonyl (C=O) groups is 2. The zero-order valence-corrected chi connectivity index (χ0v) is 16.4. The van der Waals surface area contributed by atoms with Crippen molar-refractivity contribution in [2.24, 2.45) is 4.99 Å². The van der Waals surface area contributed by atoms with Gasteiger partial charge < -0.3 is 20.0 Å². The minimum atomic E-state index is 0. The fourth-order valence-corrected chi connectivity index (χ4v) is 2.98. The van der Waals surface area contributed by atoms with Crippen LogP contribution in [-0.2, 0) is 9.59 Å². The molecule has 0 unspecified atom stereocenters. The van der Waals surface area contributed by atoms with Crippen molar-refractivity contribution in [1.82, 2.24) is 20.0 Å². The summed E-state index contributed by atoms with van der Waals surface area (Å²) in [5.74, 6) is 1.000. The average molecular weight is 437 g/mol. The van der Waals surface area contributed by atoms with Gasteiger partial charge in [0.1, 0.15) is 0 Å². The average Bonchev–Trinajstić information content (AvgIpc) is 2.56. The van der Waals surface area contributed by atoms with E-state index in [9.17, 15) is 9.59 Å². The van der Waals surface area contributed by atoms with E-state index < -0.39 is 0 Å². The van der Waals surface area contributed by atoms with Crippen molar-refractivity contribution in [2.75, 3.05) is 52.9 Å². The smallest absolute Gasteiger partial charge is 0.241 e. The Morgan fingerprint density at radius 3 is 2.00 bits per heavy atom. The number of aliphatic imine (C=N–C) groups is 1. The standard InChI is InChI=1S/C15H27N5O2.HI/c1-13(21)18-8-10-20(11-9-18)15(16-2)17-12-14(22)19-6-4-3-5-7-19;/h3-12H2,1-2H3,(H,16,17);1H. The van der Waals surface area contributed by atoms with Gasteiger partial charge >= 0.3 is 0 Å². The van der Waals surface area contributed by atoms with Crippen LogP contribution in [0, 0.1) is 0 Å². The number of rotatable bonds is 2. The lowest BCUT2D eigenvalue weighted by Gasteiger charge is -2.36. The Labute approximate surface area is 155 Å². The van der Waals surface area contributed by atoms with Gasteiger partial charge in [-0.3, -0.25) is 14.6 Å². The molecule has 2 aliphatic rings. The first-order valence-corrected chi connectivity index (χ1v) is 8.10. The van der Waals surface area contributed by atoms with Crippen molar-refractivity contribution >= 4 is 41.8 Å². The SMILES string of the molecule is CN=C(NCC(=O)N1CCCCC1)N1CCN(C(C)=O)CC1.I. The first-order valence-electron chi connectivity index (χ1n) is 8.10. The molecule has 7 nitrogen and oxygen atoms in total. The van der Waals surface area contributed by atoms with Crippen LogP contribution in [0.1, 0.15) is 26.2 Å². The van der Waals surface area contributed by atoms with Crippen molar-refractivity contribution in [3.63, 3.8) is 0 Å². The molecule has 2 fully saturated rings. The van der Waals surface area contributed by atoms with Crippen LogP contribution in [0.2, 0.25) is 0 Å². The minimum absolute atomic E-state index is 0. The molecule has 2 saturated heterocycles. The van der Waals surface area contributed by atoms with Gasteiger partial charge in [-0.05, 0) is 19.3 Å². The van der Waals surface area contributed by atoms with Crippen LogP contribution in [0.15, 0.2) is 4.99 Å². The molecule has 132 valence electrons. The second kappa shape index (κ2) is 9.94. The summed E-state index contributed by atoms with van der Waals surface area (Å²) in [4.78, 5) is 33.6. The number of nitrogens with zero attached hydrogens (tertiary/aromatic N) is 4. The van der Waals surface area contributed by atoms with Crippen LogP contribution >= 0.6 is 24.0 Å². The van der Waals surface area contributed by atoms with E-state index in [1.165, 1.54) is 6.42 Å². The van der Waals surface area contributed by atoms with Crippen LogP contribution in [0.5, 0.6) is 0 Å². The van der Waals surface area contributed by atoms with Gasteiger partial charge in [-0.2, -0.15) is 0 Å². The molecule has 0 spiro atoms. The third kappa shape index (κ3) is 5.82. The molecule has 2 heterocycles. The Morgan fingerprint density at radius 1 is 0.913 bits per heavy atom. The largest absolute Gasteiger partial charge is 0.347 e. The van der Waals surface area contributed by atoms with E-state index in [0.29, 0.717) is 19.6 Å². The number of guanidine groups is 1. The maximum atomic E-state index is 12.2. The van der Waals surface area contributed by atoms with E-state index in [-0.39, 0.29) is 35.8 Å². The number of amides is 2. The highest BCUT2D eigenvalue weighted by molar-refractivity contribution is 14.0. The van der Waals surface area contributed by atoms with E-state index in [1.54, 1.807) is 14.0 Å². The van der Waals surface area contributed by atoms with Crippen LogP contribution in [0.4, 0.5) is 0 Å². The quantitative estimate of drug-likeness (QED) is 0.385. The van der Waals surface area contributed by atoms with Gasteiger partial charge in [0.05, 0.1) is 6.54 Å². The van der Waals surface area contributed by atoms with E-state index >= 15 is 0 Å². The Bertz CT molecular complexity index is 430. The summed E-state index contributed by atoms with van der Waals surface area (Å²) in [6, 6.07) is 0. The van der Waals surface area contributed by atoms with Gasteiger partial charge in [-0.15, -0.1) is 24.0 Å². The number of nitrogens with one attached hydrogen (secondary N) is 1. The van der Waals surface area contributed by atoms with Crippen molar-refractivity contribution < 1.29 is 9.59 Å². The predicted molar refractivity (Wildman–Crippen MR) is 101 cm³/mol. The van der Waals surface area contributed by atoms with Gasteiger partial charge in [0.25, 0.3) is 0 Å². The second-order valence-corrected chi connectivity index (χ2v) is 5.84. The van der Waals surface area contributed by atoms with Gasteiger partial charge in [-0.1, -0.05) is 0 Å². The molecule has 0 radical (unpaired) electrons. The molecular weight excluding hydrogens is 409 g/mol. The molecule has 0 saturated carbocycles. The van der Waals surface area contributed by atoms with Gasteiger partial charge in [0.15, 0.2) is 5.96 Å². The molecule has 0 bridgehead atoms. The van der Waals surface area contributed by atoms with Crippen LogP contribution in [0.25, 0.3) is 0 Å². The summed E-state index contributed by atoms with van der Waals surface area (Å²) in [7, 11) is 1.73. The maximum Gasteiger partial charge on any atom is 0.241 e. The highest BCUT2D eigenvalue weighted by Gasteiger charge is 2.22. The molecule has 0 aromatic rings. The first-order chi connectivity index (χ1) is 10.6. The normalized spacial score (nSPS) is 19.2. The molecule has 2 amide bonds.